The Morgan fingerprint density at radius 3 is 2.64 bits per heavy atom. The van der Waals surface area contributed by atoms with Crippen LogP contribution in [0.4, 0.5) is 0 Å². The molecule has 0 saturated carbocycles. The quantitative estimate of drug-likeness (QED) is 0.536. The van der Waals surface area contributed by atoms with E-state index in [-0.39, 0.29) is 0 Å². The molecule has 1 atom stereocenters. The van der Waals surface area contributed by atoms with Gasteiger partial charge in [0.2, 0.25) is 0 Å². The van der Waals surface area contributed by atoms with Crippen LogP contribution in [0.2, 0.25) is 0 Å². The number of nitrogens with two attached hydrogens (primary N) is 1. The van der Waals surface area contributed by atoms with E-state index in [1.165, 1.54) is 0 Å². The Bertz CT molecular complexity index is 253. The molecular formula is C10H17NO2S. The molecule has 0 fully saturated rings. The van der Waals surface area contributed by atoms with Crippen molar-refractivity contribution in [3.8, 4) is 11.8 Å². The summed E-state index contributed by atoms with van der Waals surface area (Å²) in [6.07, 6.45) is 0.775. The lowest BCUT2D eigenvalue weighted by atomic mass is 10.1. The lowest BCUT2D eigenvalue weighted by molar-refractivity contribution is -0.139. The lowest BCUT2D eigenvalue weighted by Gasteiger charge is -2.27. The van der Waals surface area contributed by atoms with Crippen LogP contribution >= 0.6 is 11.8 Å². The Morgan fingerprint density at radius 2 is 2.21 bits per heavy atom. The molecule has 0 aromatic carbocycles. The summed E-state index contributed by atoms with van der Waals surface area (Å²) < 4.78 is -0.443. The molecule has 0 rings (SSSR count). The highest BCUT2D eigenvalue weighted by Crippen LogP contribution is 2.27. The van der Waals surface area contributed by atoms with Crippen molar-refractivity contribution in [3.05, 3.63) is 0 Å². The van der Waals surface area contributed by atoms with E-state index in [2.05, 4.69) is 11.8 Å². The molecule has 0 aliphatic heterocycles. The summed E-state index contributed by atoms with van der Waals surface area (Å²) in [6.45, 7) is 5.48. The molecule has 3 N–H and O–H groups in total. The fourth-order valence-corrected chi connectivity index (χ4v) is 1.89. The number of carbonyl (C=O) groups is 1. The van der Waals surface area contributed by atoms with E-state index >= 15 is 0 Å². The Hall–Kier alpha value is -0.660. The molecule has 0 aliphatic rings. The average molecular weight is 215 g/mol. The maximum atomic E-state index is 10.7. The molecule has 14 heavy (non-hydrogen) atoms. The summed E-state index contributed by atoms with van der Waals surface area (Å²) in [6, 6.07) is -0.831. The van der Waals surface area contributed by atoms with E-state index in [1.807, 2.05) is 13.8 Å². The van der Waals surface area contributed by atoms with Gasteiger partial charge >= 0.3 is 5.97 Å². The summed E-state index contributed by atoms with van der Waals surface area (Å²) in [4.78, 5) is 10.7. The van der Waals surface area contributed by atoms with E-state index in [1.54, 1.807) is 18.7 Å². The topological polar surface area (TPSA) is 63.3 Å². The molecule has 0 aromatic heterocycles. The van der Waals surface area contributed by atoms with Gasteiger partial charge in [-0.2, -0.15) is 11.8 Å². The van der Waals surface area contributed by atoms with Crippen LogP contribution in [-0.2, 0) is 4.79 Å². The molecule has 0 amide bonds. The number of thioether (sulfide) groups is 1. The minimum absolute atomic E-state index is 0.443. The summed E-state index contributed by atoms with van der Waals surface area (Å²) in [5, 5.41) is 8.75. The molecular weight excluding hydrogens is 198 g/mol. The average Bonchev–Trinajstić information content (AvgIpc) is 2.11. The second-order valence-corrected chi connectivity index (χ2v) is 5.19. The van der Waals surface area contributed by atoms with Gasteiger partial charge in [-0.15, -0.1) is 11.8 Å². The van der Waals surface area contributed by atoms with Crippen molar-refractivity contribution < 1.29 is 9.90 Å². The van der Waals surface area contributed by atoms with Gasteiger partial charge in [0.05, 0.1) is 0 Å². The normalized spacial score (nSPS) is 12.9. The number of aliphatic carboxylic acids is 1. The minimum Gasteiger partial charge on any atom is -0.480 e. The van der Waals surface area contributed by atoms with Gasteiger partial charge in [-0.1, -0.05) is 0 Å². The number of hydrogen-bond acceptors (Lipinski definition) is 3. The lowest BCUT2D eigenvalue weighted by Crippen LogP contribution is -2.46. The molecule has 0 saturated heterocycles. The highest BCUT2D eigenvalue weighted by molar-refractivity contribution is 8.00. The van der Waals surface area contributed by atoms with E-state index in [0.29, 0.717) is 0 Å². The second kappa shape index (κ2) is 5.94. The van der Waals surface area contributed by atoms with Crippen molar-refractivity contribution in [1.29, 1.82) is 0 Å². The summed E-state index contributed by atoms with van der Waals surface area (Å²) >= 11 is 1.55. The molecule has 0 unspecified atom stereocenters. The maximum absolute atomic E-state index is 10.7. The molecule has 3 nitrogen and oxygen atoms in total. The fourth-order valence-electron chi connectivity index (χ4n) is 0.877. The van der Waals surface area contributed by atoms with E-state index in [9.17, 15) is 4.79 Å². The van der Waals surface area contributed by atoms with E-state index in [4.69, 9.17) is 10.8 Å². The zero-order chi connectivity index (χ0) is 11.2. The molecule has 0 bridgehead atoms. The van der Waals surface area contributed by atoms with E-state index < -0.39 is 16.8 Å². The zero-order valence-electron chi connectivity index (χ0n) is 8.83. The third-order valence-corrected chi connectivity index (χ3v) is 3.30. The first-order chi connectivity index (χ1) is 6.41. The fraction of sp³-hybridized carbons (Fsp3) is 0.700. The van der Waals surface area contributed by atoms with Crippen LogP contribution in [-0.4, -0.2) is 27.6 Å². The Kier molecular flexibility index (Phi) is 5.66. The van der Waals surface area contributed by atoms with Crippen LogP contribution in [0.3, 0.4) is 0 Å². The highest BCUT2D eigenvalue weighted by Gasteiger charge is 2.31. The third-order valence-electron chi connectivity index (χ3n) is 1.89. The molecule has 0 spiro atoms. The van der Waals surface area contributed by atoms with Crippen molar-refractivity contribution in [2.75, 3.05) is 5.75 Å². The predicted octanol–water partition coefficient (Wildman–Crippen LogP) is 1.32. The number of rotatable bonds is 5. The second-order valence-electron chi connectivity index (χ2n) is 3.44. The predicted molar refractivity (Wildman–Crippen MR) is 60.2 cm³/mol. The van der Waals surface area contributed by atoms with Gasteiger partial charge in [-0.05, 0) is 20.8 Å². The van der Waals surface area contributed by atoms with Crippen LogP contribution in [0.15, 0.2) is 0 Å². The van der Waals surface area contributed by atoms with Crippen LogP contribution in [0.1, 0.15) is 27.2 Å². The number of carboxylic acid groups (broad SMARTS) is 1. The Balaban J connectivity index is 4.04. The monoisotopic (exact) mass is 215 g/mol. The van der Waals surface area contributed by atoms with Crippen LogP contribution in [0, 0.1) is 11.8 Å². The molecule has 0 heterocycles. The zero-order valence-corrected chi connectivity index (χ0v) is 9.65. The molecule has 4 heteroatoms. The molecule has 0 aromatic rings. The smallest absolute Gasteiger partial charge is 0.321 e. The van der Waals surface area contributed by atoms with Crippen molar-refractivity contribution in [1.82, 2.24) is 0 Å². The highest BCUT2D eigenvalue weighted by atomic mass is 32.2. The molecule has 0 aliphatic carbocycles. The number of carboxylic acids is 1. The van der Waals surface area contributed by atoms with Crippen molar-refractivity contribution in [2.24, 2.45) is 5.73 Å². The minimum atomic E-state index is -0.955. The summed E-state index contributed by atoms with van der Waals surface area (Å²) in [5.41, 5.74) is 5.55. The Morgan fingerprint density at radius 1 is 1.64 bits per heavy atom. The van der Waals surface area contributed by atoms with Gasteiger partial charge in [0.1, 0.15) is 6.04 Å². The van der Waals surface area contributed by atoms with Gasteiger partial charge in [0.25, 0.3) is 0 Å². The van der Waals surface area contributed by atoms with Crippen LogP contribution < -0.4 is 5.73 Å². The third kappa shape index (κ3) is 4.54. The Labute approximate surface area is 89.4 Å². The van der Waals surface area contributed by atoms with E-state index in [0.717, 1.165) is 12.2 Å². The van der Waals surface area contributed by atoms with Crippen molar-refractivity contribution >= 4 is 17.7 Å². The standard InChI is InChI=1S/C10H17NO2S/c1-4-5-6-7-14-10(2,3)8(11)9(12)13/h8H,6-7,11H2,1-3H3,(H,12,13)/t8-/m1/s1. The van der Waals surface area contributed by atoms with Crippen molar-refractivity contribution in [2.45, 2.75) is 38.0 Å². The van der Waals surface area contributed by atoms with Crippen LogP contribution in [0.5, 0.6) is 0 Å². The van der Waals surface area contributed by atoms with Crippen molar-refractivity contribution in [3.63, 3.8) is 0 Å². The first-order valence-corrected chi connectivity index (χ1v) is 5.42. The SMILES string of the molecule is CC#CCCSC(C)(C)[C@H](N)C(=O)O. The summed E-state index contributed by atoms with van der Waals surface area (Å²) in [7, 11) is 0. The van der Waals surface area contributed by atoms with Gasteiger partial charge in [0.15, 0.2) is 0 Å². The summed E-state index contributed by atoms with van der Waals surface area (Å²) in [5.74, 6) is 5.58. The first kappa shape index (κ1) is 13.3. The molecule has 0 radical (unpaired) electrons. The van der Waals surface area contributed by atoms with Crippen LogP contribution in [0.25, 0.3) is 0 Å². The van der Waals surface area contributed by atoms with Gasteiger partial charge in [0, 0.05) is 16.9 Å². The van der Waals surface area contributed by atoms with Gasteiger partial charge in [-0.25, -0.2) is 0 Å². The number of hydrogen-bond donors (Lipinski definition) is 2. The largest absolute Gasteiger partial charge is 0.480 e. The molecule has 80 valence electrons. The van der Waals surface area contributed by atoms with Gasteiger partial charge in [-0.3, -0.25) is 4.79 Å². The first-order valence-electron chi connectivity index (χ1n) is 4.43. The maximum Gasteiger partial charge on any atom is 0.321 e. The van der Waals surface area contributed by atoms with Gasteiger partial charge < -0.3 is 10.8 Å².